The van der Waals surface area contributed by atoms with Gasteiger partial charge in [0.2, 0.25) is 0 Å². The van der Waals surface area contributed by atoms with Crippen molar-refractivity contribution in [2.75, 3.05) is 5.73 Å². The lowest BCUT2D eigenvalue weighted by Crippen LogP contribution is -2.24. The van der Waals surface area contributed by atoms with Crippen molar-refractivity contribution >= 4 is 33.2 Å². The van der Waals surface area contributed by atoms with E-state index in [-0.39, 0.29) is 6.17 Å². The molecule has 19 heavy (non-hydrogen) atoms. The Balaban J connectivity index is 2.15. The number of anilines is 1. The summed E-state index contributed by atoms with van der Waals surface area (Å²) >= 11 is 9.38. The van der Waals surface area contributed by atoms with E-state index in [1.807, 2.05) is 37.3 Å². The number of fused-ring (bicyclic) bond motifs is 1. The first-order valence-corrected chi connectivity index (χ1v) is 6.99. The molecule has 0 bridgehead atoms. The molecule has 1 aliphatic heterocycles. The fourth-order valence-electron chi connectivity index (χ4n) is 2.05. The standard InChI is InChI=1S/C14H11BrClN3/c1-7-6-10-13(11(15)12(7)17)19-14(18-10)8-2-4-9(16)5-3-8/h2-6,14H,17H2,1H3. The summed E-state index contributed by atoms with van der Waals surface area (Å²) in [5, 5.41) is 2.40. The van der Waals surface area contributed by atoms with Crippen LogP contribution in [0.15, 0.2) is 44.8 Å². The Kier molecular flexibility index (Phi) is 3.07. The molecule has 0 aliphatic carbocycles. The smallest absolute Gasteiger partial charge is 0.166 e. The van der Waals surface area contributed by atoms with Crippen molar-refractivity contribution in [1.82, 2.24) is 0 Å². The molecule has 1 atom stereocenters. The summed E-state index contributed by atoms with van der Waals surface area (Å²) in [5.74, 6) is 0. The van der Waals surface area contributed by atoms with Crippen LogP contribution in [0.25, 0.3) is 0 Å². The SMILES string of the molecule is Cc1cc2c(c(Br)c1N)=NC(c1ccc(Cl)cc1)N=2. The summed E-state index contributed by atoms with van der Waals surface area (Å²) in [6.45, 7) is 1.96. The van der Waals surface area contributed by atoms with Gasteiger partial charge < -0.3 is 5.73 Å². The van der Waals surface area contributed by atoms with E-state index in [9.17, 15) is 0 Å². The maximum atomic E-state index is 5.99. The molecule has 96 valence electrons. The van der Waals surface area contributed by atoms with Crippen molar-refractivity contribution in [3.8, 4) is 0 Å². The van der Waals surface area contributed by atoms with E-state index < -0.39 is 0 Å². The third-order valence-electron chi connectivity index (χ3n) is 3.15. The highest BCUT2D eigenvalue weighted by atomic mass is 79.9. The number of aryl methyl sites for hydroxylation is 1. The van der Waals surface area contributed by atoms with Gasteiger partial charge in [0.25, 0.3) is 0 Å². The van der Waals surface area contributed by atoms with Crippen LogP contribution in [0.4, 0.5) is 5.69 Å². The molecule has 0 radical (unpaired) electrons. The van der Waals surface area contributed by atoms with Crippen molar-refractivity contribution in [3.05, 3.63) is 61.7 Å². The van der Waals surface area contributed by atoms with Crippen LogP contribution in [0.1, 0.15) is 17.3 Å². The van der Waals surface area contributed by atoms with E-state index in [4.69, 9.17) is 17.3 Å². The zero-order valence-electron chi connectivity index (χ0n) is 10.2. The highest BCUT2D eigenvalue weighted by Crippen LogP contribution is 2.24. The Morgan fingerprint density at radius 1 is 1.21 bits per heavy atom. The second kappa shape index (κ2) is 4.62. The number of nitrogens with two attached hydrogens (primary N) is 1. The van der Waals surface area contributed by atoms with Gasteiger partial charge in [-0.05, 0) is 52.2 Å². The van der Waals surface area contributed by atoms with Crippen LogP contribution in [0.5, 0.6) is 0 Å². The molecule has 3 rings (SSSR count). The van der Waals surface area contributed by atoms with Gasteiger partial charge in [0, 0.05) is 5.02 Å². The second-order valence-electron chi connectivity index (χ2n) is 4.47. The van der Waals surface area contributed by atoms with Crippen LogP contribution < -0.4 is 16.4 Å². The van der Waals surface area contributed by atoms with Crippen molar-refractivity contribution in [2.45, 2.75) is 13.1 Å². The van der Waals surface area contributed by atoms with Crippen molar-refractivity contribution in [1.29, 1.82) is 0 Å². The predicted molar refractivity (Wildman–Crippen MR) is 79.8 cm³/mol. The van der Waals surface area contributed by atoms with Gasteiger partial charge in [-0.3, -0.25) is 9.98 Å². The molecule has 1 aliphatic rings. The van der Waals surface area contributed by atoms with E-state index in [0.29, 0.717) is 5.02 Å². The van der Waals surface area contributed by atoms with Crippen LogP contribution >= 0.6 is 27.5 Å². The molecular weight excluding hydrogens is 326 g/mol. The molecule has 2 aromatic rings. The molecule has 1 unspecified atom stereocenters. The lowest BCUT2D eigenvalue weighted by molar-refractivity contribution is 0.771. The van der Waals surface area contributed by atoms with Crippen molar-refractivity contribution in [3.63, 3.8) is 0 Å². The van der Waals surface area contributed by atoms with Crippen LogP contribution in [0, 0.1) is 6.92 Å². The molecule has 0 aromatic heterocycles. The average Bonchev–Trinajstić information content (AvgIpc) is 2.81. The summed E-state index contributed by atoms with van der Waals surface area (Å²) in [5.41, 5.74) is 8.73. The fraction of sp³-hybridized carbons (Fsp3) is 0.143. The first-order valence-electron chi connectivity index (χ1n) is 5.82. The Morgan fingerprint density at radius 2 is 1.89 bits per heavy atom. The Hall–Kier alpha value is -1.39. The number of rotatable bonds is 1. The van der Waals surface area contributed by atoms with Crippen molar-refractivity contribution in [2.24, 2.45) is 9.98 Å². The third kappa shape index (κ3) is 2.15. The van der Waals surface area contributed by atoms with Crippen molar-refractivity contribution < 1.29 is 0 Å². The molecule has 0 fully saturated rings. The molecular formula is C14H11BrClN3. The summed E-state index contributed by atoms with van der Waals surface area (Å²) in [7, 11) is 0. The predicted octanol–water partition coefficient (Wildman–Crippen LogP) is 2.94. The summed E-state index contributed by atoms with van der Waals surface area (Å²) in [6, 6.07) is 9.54. The lowest BCUT2D eigenvalue weighted by atomic mass is 10.2. The minimum Gasteiger partial charge on any atom is -0.398 e. The van der Waals surface area contributed by atoms with Crippen LogP contribution in [-0.2, 0) is 0 Å². The minimum absolute atomic E-state index is 0.218. The molecule has 0 amide bonds. The topological polar surface area (TPSA) is 50.7 Å². The molecule has 3 nitrogen and oxygen atoms in total. The molecule has 2 N–H and O–H groups in total. The quantitative estimate of drug-likeness (QED) is 0.800. The van der Waals surface area contributed by atoms with Gasteiger partial charge >= 0.3 is 0 Å². The second-order valence-corrected chi connectivity index (χ2v) is 5.70. The summed E-state index contributed by atoms with van der Waals surface area (Å²) in [4.78, 5) is 9.24. The van der Waals surface area contributed by atoms with Gasteiger partial charge in [0.15, 0.2) is 6.17 Å². The molecule has 5 heteroatoms. The zero-order valence-corrected chi connectivity index (χ0v) is 12.5. The van der Waals surface area contributed by atoms with Crippen LogP contribution in [-0.4, -0.2) is 0 Å². The van der Waals surface area contributed by atoms with Crippen LogP contribution in [0.3, 0.4) is 0 Å². The maximum Gasteiger partial charge on any atom is 0.166 e. The van der Waals surface area contributed by atoms with Gasteiger partial charge in [-0.2, -0.15) is 0 Å². The number of nitrogen functional groups attached to an aromatic ring is 1. The third-order valence-corrected chi connectivity index (χ3v) is 4.20. The molecule has 0 saturated carbocycles. The monoisotopic (exact) mass is 335 g/mol. The maximum absolute atomic E-state index is 5.99. The van der Waals surface area contributed by atoms with Crippen LogP contribution in [0.2, 0.25) is 5.02 Å². The number of hydrogen-bond donors (Lipinski definition) is 1. The summed E-state index contributed by atoms with van der Waals surface area (Å²) < 4.78 is 0.822. The fourth-order valence-corrected chi connectivity index (χ4v) is 2.80. The highest BCUT2D eigenvalue weighted by molar-refractivity contribution is 9.10. The van der Waals surface area contributed by atoms with E-state index in [1.54, 1.807) is 0 Å². The summed E-state index contributed by atoms with van der Waals surface area (Å²) in [6.07, 6.45) is -0.218. The largest absolute Gasteiger partial charge is 0.398 e. The average molecular weight is 337 g/mol. The Bertz CT molecular complexity index is 769. The number of hydrogen-bond acceptors (Lipinski definition) is 3. The Labute approximate surface area is 124 Å². The van der Waals surface area contributed by atoms with Gasteiger partial charge in [0.05, 0.1) is 15.5 Å². The number of halogens is 2. The molecule has 0 spiro atoms. The minimum atomic E-state index is -0.218. The number of benzene rings is 2. The van der Waals surface area contributed by atoms with E-state index in [0.717, 1.165) is 32.0 Å². The van der Waals surface area contributed by atoms with E-state index >= 15 is 0 Å². The molecule has 1 heterocycles. The van der Waals surface area contributed by atoms with E-state index in [2.05, 4.69) is 25.9 Å². The van der Waals surface area contributed by atoms with Gasteiger partial charge in [-0.1, -0.05) is 23.7 Å². The normalized spacial score (nSPS) is 16.7. The van der Waals surface area contributed by atoms with Gasteiger partial charge in [-0.25, -0.2) is 0 Å². The highest BCUT2D eigenvalue weighted by Gasteiger charge is 2.16. The first kappa shape index (κ1) is 12.6. The molecule has 2 aromatic carbocycles. The van der Waals surface area contributed by atoms with Gasteiger partial charge in [0.1, 0.15) is 5.36 Å². The van der Waals surface area contributed by atoms with Gasteiger partial charge in [-0.15, -0.1) is 0 Å². The molecule has 0 saturated heterocycles. The zero-order chi connectivity index (χ0) is 13.6. The first-order chi connectivity index (χ1) is 9.06. The van der Waals surface area contributed by atoms with E-state index in [1.165, 1.54) is 0 Å². The lowest BCUT2D eigenvalue weighted by Gasteiger charge is -2.03. The number of nitrogens with zero attached hydrogens (tertiary/aromatic N) is 2. The Morgan fingerprint density at radius 3 is 2.58 bits per heavy atom.